The van der Waals surface area contributed by atoms with Crippen molar-refractivity contribution < 1.29 is 18.6 Å². The van der Waals surface area contributed by atoms with Crippen LogP contribution in [0.1, 0.15) is 46.6 Å². The molecule has 0 aliphatic heterocycles. The van der Waals surface area contributed by atoms with Gasteiger partial charge in [0.25, 0.3) is 0 Å². The molecule has 0 amide bonds. The van der Waals surface area contributed by atoms with Crippen molar-refractivity contribution in [1.82, 2.24) is 0 Å². The van der Waals surface area contributed by atoms with Crippen LogP contribution in [0.2, 0.25) is 0 Å². The van der Waals surface area contributed by atoms with Gasteiger partial charge in [-0.15, -0.1) is 0 Å². The Kier molecular flexibility index (Phi) is 5.14. The highest BCUT2D eigenvalue weighted by Crippen LogP contribution is 2.36. The first-order valence-corrected chi connectivity index (χ1v) is 6.84. The van der Waals surface area contributed by atoms with Gasteiger partial charge in [0.15, 0.2) is 0 Å². The lowest BCUT2D eigenvalue weighted by molar-refractivity contribution is -0.0606. The molecule has 1 rings (SSSR count). The summed E-state index contributed by atoms with van der Waals surface area (Å²) in [6.07, 6.45) is -3.11. The highest BCUT2D eigenvalue weighted by atomic mass is 19.3. The van der Waals surface area contributed by atoms with Crippen molar-refractivity contribution in [2.24, 2.45) is 5.92 Å². The quantitative estimate of drug-likeness (QED) is 0.871. The zero-order valence-electron chi connectivity index (χ0n) is 12.8. The molecule has 4 heteroatoms. The van der Waals surface area contributed by atoms with E-state index in [4.69, 9.17) is 4.74 Å². The van der Waals surface area contributed by atoms with Crippen molar-refractivity contribution in [2.75, 3.05) is 0 Å². The lowest BCUT2D eigenvalue weighted by Crippen LogP contribution is -2.34. The Balaban J connectivity index is 3.00. The molecule has 0 heterocycles. The van der Waals surface area contributed by atoms with Crippen LogP contribution in [0.5, 0.6) is 5.75 Å². The van der Waals surface area contributed by atoms with Crippen LogP contribution >= 0.6 is 0 Å². The fraction of sp³-hybridized carbons (Fsp3) is 0.625. The molecule has 0 aliphatic rings. The van der Waals surface area contributed by atoms with Crippen LogP contribution in [-0.4, -0.2) is 17.1 Å². The predicted octanol–water partition coefficient (Wildman–Crippen LogP) is 4.36. The average molecular weight is 286 g/mol. The zero-order valence-corrected chi connectivity index (χ0v) is 12.8. The van der Waals surface area contributed by atoms with Gasteiger partial charge in [-0.3, -0.25) is 0 Å². The van der Waals surface area contributed by atoms with Crippen LogP contribution in [0.4, 0.5) is 8.78 Å². The summed E-state index contributed by atoms with van der Waals surface area (Å²) in [5.41, 5.74) is -1.35. The van der Waals surface area contributed by atoms with Crippen LogP contribution in [0.15, 0.2) is 24.3 Å². The van der Waals surface area contributed by atoms with Crippen LogP contribution in [-0.2, 0) is 5.60 Å². The van der Waals surface area contributed by atoms with E-state index in [-0.39, 0.29) is 11.5 Å². The van der Waals surface area contributed by atoms with E-state index in [0.29, 0.717) is 11.3 Å². The molecule has 1 aromatic carbocycles. The number of halogens is 2. The first kappa shape index (κ1) is 16.9. The third-order valence-electron chi connectivity index (χ3n) is 3.20. The number of ether oxygens (including phenoxy) is 1. The SMILES string of the molecule is CC(C)C(O)(CC(F)F)c1ccc(OC(C)(C)C)cc1. The molecule has 0 fully saturated rings. The molecule has 0 saturated heterocycles. The van der Waals surface area contributed by atoms with Crippen LogP contribution < -0.4 is 4.74 Å². The van der Waals surface area contributed by atoms with E-state index >= 15 is 0 Å². The maximum atomic E-state index is 12.7. The van der Waals surface area contributed by atoms with Crippen molar-refractivity contribution in [3.63, 3.8) is 0 Å². The predicted molar refractivity (Wildman–Crippen MR) is 76.2 cm³/mol. The standard InChI is InChI=1S/C16H24F2O2/c1-11(2)16(19,10-14(17)18)12-6-8-13(9-7-12)20-15(3,4)5/h6-9,11,14,19H,10H2,1-5H3. The first-order valence-electron chi connectivity index (χ1n) is 6.84. The Bertz CT molecular complexity index is 421. The summed E-state index contributed by atoms with van der Waals surface area (Å²) in [7, 11) is 0. The minimum atomic E-state index is -2.55. The Morgan fingerprint density at radius 3 is 1.95 bits per heavy atom. The molecule has 1 unspecified atom stereocenters. The van der Waals surface area contributed by atoms with Crippen molar-refractivity contribution in [3.8, 4) is 5.75 Å². The van der Waals surface area contributed by atoms with Gasteiger partial charge in [0.2, 0.25) is 6.43 Å². The first-order chi connectivity index (χ1) is 9.04. The average Bonchev–Trinajstić information content (AvgIpc) is 2.26. The zero-order chi connectivity index (χ0) is 15.6. The smallest absolute Gasteiger partial charge is 0.241 e. The van der Waals surface area contributed by atoms with Gasteiger partial charge in [-0.05, 0) is 44.4 Å². The van der Waals surface area contributed by atoms with Gasteiger partial charge in [-0.2, -0.15) is 0 Å². The monoisotopic (exact) mass is 286 g/mol. The summed E-state index contributed by atoms with van der Waals surface area (Å²) in [6.45, 7) is 9.27. The third-order valence-corrected chi connectivity index (χ3v) is 3.20. The number of hydrogen-bond acceptors (Lipinski definition) is 2. The fourth-order valence-electron chi connectivity index (χ4n) is 2.09. The molecule has 0 radical (unpaired) electrons. The minimum Gasteiger partial charge on any atom is -0.488 e. The largest absolute Gasteiger partial charge is 0.488 e. The molecule has 0 bridgehead atoms. The van der Waals surface area contributed by atoms with Gasteiger partial charge in [0, 0.05) is 6.42 Å². The fourth-order valence-corrected chi connectivity index (χ4v) is 2.09. The second kappa shape index (κ2) is 6.08. The van der Waals surface area contributed by atoms with Crippen molar-refractivity contribution in [1.29, 1.82) is 0 Å². The van der Waals surface area contributed by atoms with Gasteiger partial charge < -0.3 is 9.84 Å². The van der Waals surface area contributed by atoms with Crippen LogP contribution in [0.25, 0.3) is 0 Å². The number of rotatable bonds is 5. The van der Waals surface area contributed by atoms with Crippen LogP contribution in [0.3, 0.4) is 0 Å². The molecule has 114 valence electrons. The van der Waals surface area contributed by atoms with Gasteiger partial charge in [0.05, 0.1) is 5.60 Å². The molecule has 0 spiro atoms. The molecule has 1 atom stereocenters. The molecule has 0 saturated carbocycles. The van der Waals surface area contributed by atoms with Crippen LogP contribution in [0, 0.1) is 5.92 Å². The second-order valence-electron chi connectivity index (χ2n) is 6.41. The van der Waals surface area contributed by atoms with Gasteiger partial charge >= 0.3 is 0 Å². The second-order valence-corrected chi connectivity index (χ2v) is 6.41. The van der Waals surface area contributed by atoms with E-state index in [2.05, 4.69) is 0 Å². The van der Waals surface area contributed by atoms with E-state index in [1.807, 2.05) is 20.8 Å². The van der Waals surface area contributed by atoms with E-state index < -0.39 is 18.4 Å². The van der Waals surface area contributed by atoms with E-state index in [1.54, 1.807) is 38.1 Å². The summed E-state index contributed by atoms with van der Waals surface area (Å²) >= 11 is 0. The number of hydrogen-bond donors (Lipinski definition) is 1. The highest BCUT2D eigenvalue weighted by molar-refractivity contribution is 5.31. The number of benzene rings is 1. The molecule has 2 nitrogen and oxygen atoms in total. The van der Waals surface area contributed by atoms with Crippen molar-refractivity contribution >= 4 is 0 Å². The van der Waals surface area contributed by atoms with Gasteiger partial charge in [0.1, 0.15) is 11.4 Å². The Labute approximate surface area is 119 Å². The van der Waals surface area contributed by atoms with Crippen molar-refractivity contribution in [3.05, 3.63) is 29.8 Å². The van der Waals surface area contributed by atoms with Gasteiger partial charge in [-0.25, -0.2) is 8.78 Å². The lowest BCUT2D eigenvalue weighted by atomic mass is 9.81. The molecule has 0 aromatic heterocycles. The summed E-state index contributed by atoms with van der Waals surface area (Å²) in [5, 5.41) is 10.5. The van der Waals surface area contributed by atoms with E-state index in [1.165, 1.54) is 0 Å². The minimum absolute atomic E-state index is 0.300. The van der Waals surface area contributed by atoms with E-state index in [0.717, 1.165) is 0 Å². The maximum absolute atomic E-state index is 12.7. The molecule has 1 N–H and O–H groups in total. The Morgan fingerprint density at radius 2 is 1.60 bits per heavy atom. The summed E-state index contributed by atoms with van der Waals surface area (Å²) < 4.78 is 31.1. The van der Waals surface area contributed by atoms with Gasteiger partial charge in [-0.1, -0.05) is 26.0 Å². The molecular formula is C16H24F2O2. The highest BCUT2D eigenvalue weighted by Gasteiger charge is 2.36. The Hall–Kier alpha value is -1.16. The molecule has 20 heavy (non-hydrogen) atoms. The summed E-state index contributed by atoms with van der Waals surface area (Å²) in [4.78, 5) is 0. The molecule has 1 aromatic rings. The number of alkyl halides is 2. The normalized spacial score (nSPS) is 15.5. The summed E-state index contributed by atoms with van der Waals surface area (Å²) in [5.74, 6) is 0.357. The van der Waals surface area contributed by atoms with Crippen molar-refractivity contribution in [2.45, 2.75) is 58.7 Å². The van der Waals surface area contributed by atoms with E-state index in [9.17, 15) is 13.9 Å². The number of aliphatic hydroxyl groups is 1. The summed E-state index contributed by atoms with van der Waals surface area (Å²) in [6, 6.07) is 6.73. The topological polar surface area (TPSA) is 29.5 Å². The maximum Gasteiger partial charge on any atom is 0.241 e. The molecular weight excluding hydrogens is 262 g/mol. The molecule has 0 aliphatic carbocycles. The lowest BCUT2D eigenvalue weighted by Gasteiger charge is -2.33. The third kappa shape index (κ3) is 4.44. The Morgan fingerprint density at radius 1 is 1.10 bits per heavy atom.